The van der Waals surface area contributed by atoms with Crippen LogP contribution >= 0.6 is 11.8 Å². The number of aromatic nitrogens is 3. The predicted molar refractivity (Wildman–Crippen MR) is 120 cm³/mol. The third-order valence-corrected chi connectivity index (χ3v) is 6.20. The molecule has 31 heavy (non-hydrogen) atoms. The number of nitrogens with zero attached hydrogens (tertiary/aromatic N) is 3. The second-order valence-corrected chi connectivity index (χ2v) is 8.06. The first-order chi connectivity index (χ1) is 15.1. The van der Waals surface area contributed by atoms with Gasteiger partial charge in [0, 0.05) is 12.1 Å². The van der Waals surface area contributed by atoms with Crippen LogP contribution in [0.3, 0.4) is 0 Å². The SMILES string of the molecule is CCOc1ccc([C@H]2Nn3c(CC)nnc3S[C@H]2C(=O)Nc2ccc(OC)cc2)cc1. The molecule has 4 rings (SSSR count). The molecule has 0 fully saturated rings. The molecule has 0 radical (unpaired) electrons. The summed E-state index contributed by atoms with van der Waals surface area (Å²) < 4.78 is 12.6. The average Bonchev–Trinajstić information content (AvgIpc) is 3.21. The van der Waals surface area contributed by atoms with Crippen molar-refractivity contribution in [1.82, 2.24) is 14.9 Å². The van der Waals surface area contributed by atoms with Crippen molar-refractivity contribution in [1.29, 1.82) is 0 Å². The average molecular weight is 440 g/mol. The Balaban J connectivity index is 1.62. The number of carbonyl (C=O) groups is 1. The van der Waals surface area contributed by atoms with Crippen LogP contribution in [0, 0.1) is 0 Å². The van der Waals surface area contributed by atoms with Gasteiger partial charge in [0.1, 0.15) is 16.7 Å². The number of thioether (sulfide) groups is 1. The van der Waals surface area contributed by atoms with E-state index < -0.39 is 5.25 Å². The van der Waals surface area contributed by atoms with Crippen molar-refractivity contribution < 1.29 is 14.3 Å². The normalized spacial score (nSPS) is 17.4. The van der Waals surface area contributed by atoms with Crippen molar-refractivity contribution in [2.45, 2.75) is 36.7 Å². The van der Waals surface area contributed by atoms with Gasteiger partial charge < -0.3 is 20.2 Å². The highest BCUT2D eigenvalue weighted by Crippen LogP contribution is 2.38. The fourth-order valence-electron chi connectivity index (χ4n) is 3.40. The predicted octanol–water partition coefficient (Wildman–Crippen LogP) is 3.65. The summed E-state index contributed by atoms with van der Waals surface area (Å²) in [5.74, 6) is 2.24. The summed E-state index contributed by atoms with van der Waals surface area (Å²) in [5, 5.41) is 11.7. The zero-order chi connectivity index (χ0) is 21.8. The molecule has 1 aliphatic rings. The van der Waals surface area contributed by atoms with Crippen LogP contribution in [0.2, 0.25) is 0 Å². The number of nitrogens with one attached hydrogen (secondary N) is 2. The number of methoxy groups -OCH3 is 1. The summed E-state index contributed by atoms with van der Waals surface area (Å²) in [6.07, 6.45) is 0.735. The van der Waals surface area contributed by atoms with E-state index in [0.717, 1.165) is 29.3 Å². The lowest BCUT2D eigenvalue weighted by molar-refractivity contribution is -0.116. The van der Waals surface area contributed by atoms with Crippen molar-refractivity contribution in [2.24, 2.45) is 0 Å². The van der Waals surface area contributed by atoms with Crippen molar-refractivity contribution >= 4 is 23.4 Å². The van der Waals surface area contributed by atoms with Crippen molar-refractivity contribution in [3.05, 3.63) is 59.9 Å². The van der Waals surface area contributed by atoms with Gasteiger partial charge in [-0.1, -0.05) is 30.8 Å². The van der Waals surface area contributed by atoms with Gasteiger partial charge >= 0.3 is 0 Å². The number of amides is 1. The molecule has 0 aliphatic carbocycles. The molecule has 2 N–H and O–H groups in total. The van der Waals surface area contributed by atoms with E-state index in [1.165, 1.54) is 11.8 Å². The largest absolute Gasteiger partial charge is 0.497 e. The number of carbonyl (C=O) groups excluding carboxylic acids is 1. The maximum absolute atomic E-state index is 13.3. The van der Waals surface area contributed by atoms with E-state index in [9.17, 15) is 4.79 Å². The Morgan fingerprint density at radius 1 is 1.10 bits per heavy atom. The van der Waals surface area contributed by atoms with Crippen LogP contribution in [-0.2, 0) is 11.2 Å². The second kappa shape index (κ2) is 9.30. The molecule has 3 aromatic rings. The molecule has 0 spiro atoms. The van der Waals surface area contributed by atoms with Gasteiger partial charge in [0.05, 0.1) is 19.8 Å². The summed E-state index contributed by atoms with van der Waals surface area (Å²) in [6.45, 7) is 4.58. The van der Waals surface area contributed by atoms with E-state index in [-0.39, 0.29) is 11.9 Å². The summed E-state index contributed by atoms with van der Waals surface area (Å²) in [6, 6.07) is 14.8. The van der Waals surface area contributed by atoms with Crippen LogP contribution in [0.1, 0.15) is 31.3 Å². The lowest BCUT2D eigenvalue weighted by Gasteiger charge is -2.33. The minimum atomic E-state index is -0.443. The second-order valence-electron chi connectivity index (χ2n) is 6.95. The van der Waals surface area contributed by atoms with Gasteiger partial charge in [-0.3, -0.25) is 4.79 Å². The molecule has 0 saturated heterocycles. The molecule has 2 heterocycles. The third-order valence-electron chi connectivity index (χ3n) is 4.99. The Hall–Kier alpha value is -3.20. The zero-order valence-corrected chi connectivity index (χ0v) is 18.5. The lowest BCUT2D eigenvalue weighted by atomic mass is 10.0. The maximum atomic E-state index is 13.3. The minimum absolute atomic E-state index is 0.117. The van der Waals surface area contributed by atoms with Crippen molar-refractivity contribution in [3.63, 3.8) is 0 Å². The maximum Gasteiger partial charge on any atom is 0.240 e. The van der Waals surface area contributed by atoms with Crippen LogP contribution in [0.15, 0.2) is 53.7 Å². The van der Waals surface area contributed by atoms with E-state index >= 15 is 0 Å². The van der Waals surface area contributed by atoms with Gasteiger partial charge in [0.2, 0.25) is 11.1 Å². The third kappa shape index (κ3) is 4.46. The van der Waals surface area contributed by atoms with E-state index in [2.05, 4.69) is 20.9 Å². The number of fused-ring (bicyclic) bond motifs is 1. The van der Waals surface area contributed by atoms with Gasteiger partial charge in [0.15, 0.2) is 5.82 Å². The molecule has 1 amide bonds. The molecule has 9 heteroatoms. The molecule has 0 unspecified atom stereocenters. The summed E-state index contributed by atoms with van der Waals surface area (Å²) in [7, 11) is 1.61. The van der Waals surface area contributed by atoms with Gasteiger partial charge in [-0.05, 0) is 48.9 Å². The first-order valence-electron chi connectivity index (χ1n) is 10.2. The van der Waals surface area contributed by atoms with Gasteiger partial charge in [-0.25, -0.2) is 4.68 Å². The Labute approximate surface area is 185 Å². The van der Waals surface area contributed by atoms with Gasteiger partial charge in [-0.2, -0.15) is 0 Å². The number of benzene rings is 2. The molecule has 2 aromatic carbocycles. The van der Waals surface area contributed by atoms with Crippen LogP contribution in [0.25, 0.3) is 0 Å². The van der Waals surface area contributed by atoms with Crippen LogP contribution in [0.5, 0.6) is 11.5 Å². The number of aryl methyl sites for hydroxylation is 1. The number of hydrogen-bond acceptors (Lipinski definition) is 7. The number of rotatable bonds is 7. The molecule has 2 atom stereocenters. The topological polar surface area (TPSA) is 90.3 Å². The molecule has 1 aromatic heterocycles. The number of hydrogen-bond donors (Lipinski definition) is 2. The van der Waals surface area contributed by atoms with Crippen LogP contribution < -0.4 is 20.2 Å². The fourth-order valence-corrected chi connectivity index (χ4v) is 4.50. The van der Waals surface area contributed by atoms with Gasteiger partial charge in [0.25, 0.3) is 0 Å². The van der Waals surface area contributed by atoms with Gasteiger partial charge in [-0.15, -0.1) is 10.2 Å². The first kappa shape index (κ1) is 21.0. The van der Waals surface area contributed by atoms with E-state index in [1.54, 1.807) is 7.11 Å². The van der Waals surface area contributed by atoms with Crippen LogP contribution in [0.4, 0.5) is 5.69 Å². The highest BCUT2D eigenvalue weighted by atomic mass is 32.2. The Morgan fingerprint density at radius 2 is 1.81 bits per heavy atom. The van der Waals surface area contributed by atoms with Crippen molar-refractivity contribution in [3.8, 4) is 11.5 Å². The Bertz CT molecular complexity index is 1040. The number of anilines is 1. The summed E-state index contributed by atoms with van der Waals surface area (Å²) in [4.78, 5) is 13.3. The van der Waals surface area contributed by atoms with Crippen molar-refractivity contribution in [2.75, 3.05) is 24.5 Å². The van der Waals surface area contributed by atoms with Crippen LogP contribution in [-0.4, -0.2) is 39.7 Å². The Kier molecular flexibility index (Phi) is 6.31. The van der Waals surface area contributed by atoms with E-state index in [0.29, 0.717) is 17.5 Å². The fraction of sp³-hybridized carbons (Fsp3) is 0.318. The smallest absolute Gasteiger partial charge is 0.240 e. The molecule has 162 valence electrons. The minimum Gasteiger partial charge on any atom is -0.497 e. The Morgan fingerprint density at radius 3 is 2.45 bits per heavy atom. The number of ether oxygens (including phenoxy) is 2. The highest BCUT2D eigenvalue weighted by Gasteiger charge is 2.37. The summed E-state index contributed by atoms with van der Waals surface area (Å²) in [5.41, 5.74) is 5.13. The lowest BCUT2D eigenvalue weighted by Crippen LogP contribution is -2.41. The molecular weight excluding hydrogens is 414 g/mol. The molecule has 8 nitrogen and oxygen atoms in total. The highest BCUT2D eigenvalue weighted by molar-refractivity contribution is 8.00. The first-order valence-corrected chi connectivity index (χ1v) is 11.1. The molecule has 0 saturated carbocycles. The quantitative estimate of drug-likeness (QED) is 0.581. The van der Waals surface area contributed by atoms with E-state index in [4.69, 9.17) is 9.47 Å². The zero-order valence-electron chi connectivity index (χ0n) is 17.7. The van der Waals surface area contributed by atoms with E-state index in [1.807, 2.05) is 67.1 Å². The summed E-state index contributed by atoms with van der Waals surface area (Å²) >= 11 is 1.40. The molecule has 1 aliphatic heterocycles. The monoisotopic (exact) mass is 439 g/mol. The molecular formula is C22H25N5O3S. The standard InChI is InChI=1S/C22H25N5O3S/c1-4-18-24-25-22-27(18)26-19(14-6-10-17(11-7-14)30-5-2)20(31-22)21(28)23-15-8-12-16(29-3)13-9-15/h6-13,19-20,26H,4-5H2,1-3H3,(H,23,28)/t19-,20-/m1/s1. The molecule has 0 bridgehead atoms.